The van der Waals surface area contributed by atoms with Gasteiger partial charge in [0, 0.05) is 11.1 Å². The van der Waals surface area contributed by atoms with Gasteiger partial charge in [0.05, 0.1) is 18.6 Å². The quantitative estimate of drug-likeness (QED) is 0.403. The lowest BCUT2D eigenvalue weighted by Gasteiger charge is -2.06. The maximum absolute atomic E-state index is 10.0. The second-order valence-electron chi connectivity index (χ2n) is 7.95. The number of aromatic nitrogens is 2. The van der Waals surface area contributed by atoms with Gasteiger partial charge in [-0.1, -0.05) is 55.3 Å². The van der Waals surface area contributed by atoms with E-state index < -0.39 is 5.97 Å². The SMILES string of the molecule is COc1ccc(-c2c(-c3ccccc3)oc3ncnc(N)c23)cc1.O=C(O)COC1CCCC1. The number of nitrogens with two attached hydrogens (primary N) is 1. The summed E-state index contributed by atoms with van der Waals surface area (Å²) in [5, 5.41) is 8.97. The maximum Gasteiger partial charge on any atom is 0.329 e. The molecule has 0 atom stereocenters. The van der Waals surface area contributed by atoms with Crippen molar-refractivity contribution in [2.45, 2.75) is 31.8 Å². The zero-order valence-corrected chi connectivity index (χ0v) is 18.9. The fourth-order valence-corrected chi connectivity index (χ4v) is 4.03. The average Bonchev–Trinajstić information content (AvgIpc) is 3.52. The second-order valence-corrected chi connectivity index (χ2v) is 7.95. The van der Waals surface area contributed by atoms with Gasteiger partial charge in [0.15, 0.2) is 0 Å². The predicted molar refractivity (Wildman–Crippen MR) is 129 cm³/mol. The zero-order chi connectivity index (χ0) is 23.9. The summed E-state index contributed by atoms with van der Waals surface area (Å²) < 4.78 is 16.3. The van der Waals surface area contributed by atoms with Gasteiger partial charge in [-0.05, 0) is 30.5 Å². The van der Waals surface area contributed by atoms with Crippen LogP contribution in [0.5, 0.6) is 5.75 Å². The van der Waals surface area contributed by atoms with Gasteiger partial charge in [-0.3, -0.25) is 0 Å². The summed E-state index contributed by atoms with van der Waals surface area (Å²) >= 11 is 0. The predicted octanol–water partition coefficient (Wildman–Crippen LogP) is 5.18. The van der Waals surface area contributed by atoms with E-state index >= 15 is 0 Å². The number of methoxy groups -OCH3 is 1. The van der Waals surface area contributed by atoms with Crippen molar-refractivity contribution in [2.24, 2.45) is 0 Å². The number of carboxylic acids is 1. The summed E-state index contributed by atoms with van der Waals surface area (Å²) in [5.74, 6) is 1.05. The summed E-state index contributed by atoms with van der Waals surface area (Å²) in [5.41, 5.74) is 9.40. The molecule has 0 bridgehead atoms. The molecule has 8 heteroatoms. The normalized spacial score (nSPS) is 13.4. The van der Waals surface area contributed by atoms with E-state index in [1.165, 1.54) is 19.2 Å². The molecule has 0 unspecified atom stereocenters. The van der Waals surface area contributed by atoms with Crippen LogP contribution in [0.4, 0.5) is 5.82 Å². The van der Waals surface area contributed by atoms with Crippen LogP contribution >= 0.6 is 0 Å². The molecule has 1 aliphatic rings. The van der Waals surface area contributed by atoms with Gasteiger partial charge in [0.25, 0.3) is 0 Å². The molecule has 0 radical (unpaired) electrons. The first kappa shape index (κ1) is 23.3. The molecule has 1 saturated carbocycles. The summed E-state index contributed by atoms with van der Waals surface area (Å²) in [7, 11) is 1.64. The number of carbonyl (C=O) groups is 1. The molecule has 5 rings (SSSR count). The van der Waals surface area contributed by atoms with Crippen LogP contribution < -0.4 is 10.5 Å². The standard InChI is InChI=1S/C19H15N3O2.C7H12O3/c1-23-14-9-7-12(8-10-14)15-16-18(20)21-11-22-19(16)24-17(15)13-5-3-2-4-6-13;8-7(9)5-10-6-3-1-2-4-6/h2-11H,1H3,(H2,20,21,22);6H,1-5H2,(H,8,9). The Labute approximate surface area is 197 Å². The number of anilines is 1. The highest BCUT2D eigenvalue weighted by atomic mass is 16.5. The van der Waals surface area contributed by atoms with E-state index in [4.69, 9.17) is 24.7 Å². The van der Waals surface area contributed by atoms with E-state index in [1.54, 1.807) is 7.11 Å². The van der Waals surface area contributed by atoms with Crippen molar-refractivity contribution in [1.29, 1.82) is 0 Å². The Morgan fingerprint density at radius 2 is 1.76 bits per heavy atom. The van der Waals surface area contributed by atoms with Crippen molar-refractivity contribution < 1.29 is 23.8 Å². The molecule has 2 aromatic heterocycles. The molecule has 2 aromatic carbocycles. The third kappa shape index (κ3) is 5.35. The number of fused-ring (bicyclic) bond motifs is 1. The lowest BCUT2D eigenvalue weighted by atomic mass is 9.99. The summed E-state index contributed by atoms with van der Waals surface area (Å²) in [6, 6.07) is 17.6. The number of nitrogen functional groups attached to an aromatic ring is 1. The lowest BCUT2D eigenvalue weighted by molar-refractivity contribution is -0.144. The molecular weight excluding hydrogens is 434 g/mol. The van der Waals surface area contributed by atoms with E-state index in [9.17, 15) is 4.79 Å². The van der Waals surface area contributed by atoms with Crippen LogP contribution in [0.15, 0.2) is 65.3 Å². The minimum atomic E-state index is -0.869. The average molecular weight is 462 g/mol. The zero-order valence-electron chi connectivity index (χ0n) is 18.9. The minimum absolute atomic E-state index is 0.134. The fraction of sp³-hybridized carbons (Fsp3) is 0.269. The van der Waals surface area contributed by atoms with E-state index in [2.05, 4.69) is 9.97 Å². The van der Waals surface area contributed by atoms with Crippen LogP contribution in [0.3, 0.4) is 0 Å². The number of ether oxygens (including phenoxy) is 2. The second kappa shape index (κ2) is 10.8. The van der Waals surface area contributed by atoms with E-state index in [1.807, 2.05) is 54.6 Å². The Balaban J connectivity index is 0.000000231. The first-order valence-electron chi connectivity index (χ1n) is 11.1. The number of aliphatic carboxylic acids is 1. The van der Waals surface area contributed by atoms with Crippen molar-refractivity contribution in [3.8, 4) is 28.2 Å². The molecular formula is C26H27N3O5. The largest absolute Gasteiger partial charge is 0.497 e. The van der Waals surface area contributed by atoms with Crippen LogP contribution in [0, 0.1) is 0 Å². The number of benzene rings is 2. The molecule has 34 heavy (non-hydrogen) atoms. The summed E-state index contributed by atoms with van der Waals surface area (Å²) in [6.45, 7) is -0.134. The Bertz CT molecular complexity index is 1230. The molecule has 4 aromatic rings. The lowest BCUT2D eigenvalue weighted by Crippen LogP contribution is -2.14. The third-order valence-corrected chi connectivity index (χ3v) is 5.68. The number of carboxylic acid groups (broad SMARTS) is 1. The number of hydrogen-bond donors (Lipinski definition) is 2. The van der Waals surface area contributed by atoms with Crippen LogP contribution in [-0.2, 0) is 9.53 Å². The van der Waals surface area contributed by atoms with Gasteiger partial charge < -0.3 is 24.7 Å². The number of rotatable bonds is 6. The Morgan fingerprint density at radius 3 is 2.41 bits per heavy atom. The van der Waals surface area contributed by atoms with Crippen molar-refractivity contribution in [3.63, 3.8) is 0 Å². The Morgan fingerprint density at radius 1 is 1.06 bits per heavy atom. The number of nitrogens with zero attached hydrogens (tertiary/aromatic N) is 2. The maximum atomic E-state index is 10.0. The number of furan rings is 1. The van der Waals surface area contributed by atoms with Crippen molar-refractivity contribution in [1.82, 2.24) is 9.97 Å². The topological polar surface area (TPSA) is 121 Å². The fourth-order valence-electron chi connectivity index (χ4n) is 4.03. The Hall–Kier alpha value is -3.91. The molecule has 0 amide bonds. The highest BCUT2D eigenvalue weighted by molar-refractivity contribution is 6.05. The first-order chi connectivity index (χ1) is 16.6. The van der Waals surface area contributed by atoms with Gasteiger partial charge in [0.2, 0.25) is 5.71 Å². The van der Waals surface area contributed by atoms with Gasteiger partial charge in [-0.25, -0.2) is 14.8 Å². The van der Waals surface area contributed by atoms with Gasteiger partial charge >= 0.3 is 5.97 Å². The van der Waals surface area contributed by atoms with Gasteiger partial charge in [-0.2, -0.15) is 0 Å². The van der Waals surface area contributed by atoms with Gasteiger partial charge in [0.1, 0.15) is 30.3 Å². The molecule has 176 valence electrons. The summed E-state index contributed by atoms with van der Waals surface area (Å²) in [6.07, 6.45) is 6.07. The molecule has 2 heterocycles. The third-order valence-electron chi connectivity index (χ3n) is 5.68. The van der Waals surface area contributed by atoms with Crippen molar-refractivity contribution >= 4 is 22.9 Å². The minimum Gasteiger partial charge on any atom is -0.497 e. The van der Waals surface area contributed by atoms with Crippen LogP contribution in [0.2, 0.25) is 0 Å². The molecule has 1 fully saturated rings. The van der Waals surface area contributed by atoms with Crippen molar-refractivity contribution in [2.75, 3.05) is 19.5 Å². The molecule has 8 nitrogen and oxygen atoms in total. The molecule has 0 saturated heterocycles. The molecule has 0 aliphatic heterocycles. The van der Waals surface area contributed by atoms with Gasteiger partial charge in [-0.15, -0.1) is 0 Å². The molecule has 0 spiro atoms. The van der Waals surface area contributed by atoms with Crippen LogP contribution in [0.1, 0.15) is 25.7 Å². The number of hydrogen-bond acceptors (Lipinski definition) is 7. The van der Waals surface area contributed by atoms with E-state index in [0.717, 1.165) is 46.4 Å². The summed E-state index contributed by atoms with van der Waals surface area (Å²) in [4.78, 5) is 18.4. The van der Waals surface area contributed by atoms with Crippen LogP contribution in [0.25, 0.3) is 33.6 Å². The smallest absolute Gasteiger partial charge is 0.329 e. The highest BCUT2D eigenvalue weighted by Gasteiger charge is 2.21. The Kier molecular flexibility index (Phi) is 7.39. The van der Waals surface area contributed by atoms with Crippen molar-refractivity contribution in [3.05, 3.63) is 60.9 Å². The van der Waals surface area contributed by atoms with Crippen LogP contribution in [-0.4, -0.2) is 40.9 Å². The molecule has 3 N–H and O–H groups in total. The van der Waals surface area contributed by atoms with E-state index in [-0.39, 0.29) is 12.7 Å². The molecule has 1 aliphatic carbocycles. The first-order valence-corrected chi connectivity index (χ1v) is 11.1. The van der Waals surface area contributed by atoms with E-state index in [0.29, 0.717) is 11.5 Å². The highest BCUT2D eigenvalue weighted by Crippen LogP contribution is 2.42. The monoisotopic (exact) mass is 461 g/mol.